The Hall–Kier alpha value is -2.02. The Morgan fingerprint density at radius 2 is 2.23 bits per heavy atom. The van der Waals surface area contributed by atoms with Crippen LogP contribution in [0.3, 0.4) is 0 Å². The largest absolute Gasteiger partial charge is 0.478 e. The van der Waals surface area contributed by atoms with Crippen LogP contribution in [0, 0.1) is 0 Å². The maximum atomic E-state index is 12.5. The number of aromatic carboxylic acids is 1. The first-order valence-corrected chi connectivity index (χ1v) is 8.00. The molecule has 2 aliphatic heterocycles. The molecule has 0 radical (unpaired) electrons. The summed E-state index contributed by atoms with van der Waals surface area (Å²) in [6.45, 7) is 1.99. The number of carbonyl (C=O) groups is 3. The summed E-state index contributed by atoms with van der Waals surface area (Å²) in [5.41, 5.74) is 0.538. The molecule has 0 spiro atoms. The van der Waals surface area contributed by atoms with Gasteiger partial charge in [-0.3, -0.25) is 9.59 Å². The minimum Gasteiger partial charge on any atom is -0.478 e. The molecule has 1 aromatic carbocycles. The summed E-state index contributed by atoms with van der Waals surface area (Å²) in [5, 5.41) is 11.7. The number of benzene rings is 1. The van der Waals surface area contributed by atoms with Crippen LogP contribution < -0.4 is 5.32 Å². The third-order valence-corrected chi connectivity index (χ3v) is 5.63. The van der Waals surface area contributed by atoms with E-state index in [2.05, 4.69) is 5.32 Å². The number of hydrogen-bond acceptors (Lipinski definition) is 4. The van der Waals surface area contributed by atoms with Crippen LogP contribution in [0.4, 0.5) is 5.69 Å². The molecular weight excluding hydrogens is 304 g/mol. The first-order valence-electron chi connectivity index (χ1n) is 7.01. The first-order chi connectivity index (χ1) is 10.4. The van der Waals surface area contributed by atoms with Crippen molar-refractivity contribution in [3.05, 3.63) is 29.8 Å². The third-order valence-electron chi connectivity index (χ3n) is 4.12. The third kappa shape index (κ3) is 2.45. The molecule has 0 aromatic heterocycles. The van der Waals surface area contributed by atoms with E-state index in [1.54, 1.807) is 28.8 Å². The molecule has 2 N–H and O–H groups in total. The second-order valence-corrected chi connectivity index (χ2v) is 7.14. The van der Waals surface area contributed by atoms with Crippen molar-refractivity contribution >= 4 is 35.2 Å². The van der Waals surface area contributed by atoms with E-state index in [4.69, 9.17) is 5.11 Å². The molecule has 6 nitrogen and oxygen atoms in total. The van der Waals surface area contributed by atoms with Crippen molar-refractivity contribution in [1.29, 1.82) is 0 Å². The SMILES string of the molecule is CC12CCC(=O)N1C(C(=O)Nc1cccc(C(=O)O)c1)CS2. The van der Waals surface area contributed by atoms with E-state index in [0.717, 1.165) is 6.42 Å². The number of amides is 2. The van der Waals surface area contributed by atoms with Crippen molar-refractivity contribution in [2.45, 2.75) is 30.7 Å². The minimum absolute atomic E-state index is 0.00642. The number of nitrogens with zero attached hydrogens (tertiary/aromatic N) is 1. The number of rotatable bonds is 3. The Balaban J connectivity index is 1.77. The zero-order valence-electron chi connectivity index (χ0n) is 12.0. The van der Waals surface area contributed by atoms with Gasteiger partial charge in [-0.05, 0) is 31.5 Å². The van der Waals surface area contributed by atoms with E-state index in [1.807, 2.05) is 6.92 Å². The lowest BCUT2D eigenvalue weighted by molar-refractivity contribution is -0.135. The summed E-state index contributed by atoms with van der Waals surface area (Å²) < 4.78 is 0. The quantitative estimate of drug-likeness (QED) is 0.886. The van der Waals surface area contributed by atoms with Gasteiger partial charge in [0.25, 0.3) is 0 Å². The van der Waals surface area contributed by atoms with Crippen LogP contribution in [0.5, 0.6) is 0 Å². The summed E-state index contributed by atoms with van der Waals surface area (Å²) in [6.07, 6.45) is 1.23. The smallest absolute Gasteiger partial charge is 0.335 e. The van der Waals surface area contributed by atoms with E-state index < -0.39 is 12.0 Å². The molecule has 2 heterocycles. The van der Waals surface area contributed by atoms with Crippen LogP contribution >= 0.6 is 11.8 Å². The molecular formula is C15H16N2O4S. The number of nitrogens with one attached hydrogen (secondary N) is 1. The van der Waals surface area contributed by atoms with Gasteiger partial charge in [-0.2, -0.15) is 0 Å². The average Bonchev–Trinajstić information content (AvgIpc) is 2.96. The number of carbonyl (C=O) groups excluding carboxylic acids is 2. The second kappa shape index (κ2) is 5.31. The fraction of sp³-hybridized carbons (Fsp3) is 0.400. The van der Waals surface area contributed by atoms with E-state index >= 15 is 0 Å². The molecule has 22 heavy (non-hydrogen) atoms. The van der Waals surface area contributed by atoms with Gasteiger partial charge in [0.05, 0.1) is 10.4 Å². The standard InChI is InChI=1S/C15H16N2O4S/c1-15-6-5-12(18)17(15)11(8-22-15)13(19)16-10-4-2-3-9(7-10)14(20)21/h2-4,7,11H,5-6,8H2,1H3,(H,16,19)(H,20,21). The highest BCUT2D eigenvalue weighted by Crippen LogP contribution is 2.47. The molecule has 7 heteroatoms. The summed E-state index contributed by atoms with van der Waals surface area (Å²) in [4.78, 5) is 36.8. The number of fused-ring (bicyclic) bond motifs is 1. The van der Waals surface area contributed by atoms with E-state index in [-0.39, 0.29) is 22.2 Å². The molecule has 2 amide bonds. The molecule has 116 valence electrons. The lowest BCUT2D eigenvalue weighted by atomic mass is 10.2. The first kappa shape index (κ1) is 14.9. The number of anilines is 1. The number of carboxylic acid groups (broad SMARTS) is 1. The Labute approximate surface area is 131 Å². The predicted octanol–water partition coefficient (Wildman–Crippen LogP) is 1.78. The van der Waals surface area contributed by atoms with Crippen LogP contribution in [-0.2, 0) is 9.59 Å². The Morgan fingerprint density at radius 3 is 2.95 bits per heavy atom. The van der Waals surface area contributed by atoms with Gasteiger partial charge in [-0.15, -0.1) is 11.8 Å². The van der Waals surface area contributed by atoms with Crippen molar-refractivity contribution < 1.29 is 19.5 Å². The zero-order valence-corrected chi connectivity index (χ0v) is 12.9. The molecule has 1 aromatic rings. The minimum atomic E-state index is -1.05. The highest BCUT2D eigenvalue weighted by Gasteiger charge is 2.52. The second-order valence-electron chi connectivity index (χ2n) is 5.64. The fourth-order valence-electron chi connectivity index (χ4n) is 2.97. The molecule has 2 fully saturated rings. The van der Waals surface area contributed by atoms with Crippen LogP contribution in [0.1, 0.15) is 30.1 Å². The summed E-state index contributed by atoms with van der Waals surface area (Å²) >= 11 is 1.62. The van der Waals surface area contributed by atoms with Crippen molar-refractivity contribution in [2.75, 3.05) is 11.1 Å². The van der Waals surface area contributed by atoms with Crippen molar-refractivity contribution in [2.24, 2.45) is 0 Å². The average molecular weight is 320 g/mol. The van der Waals surface area contributed by atoms with E-state index in [1.165, 1.54) is 12.1 Å². The van der Waals surface area contributed by atoms with E-state index in [0.29, 0.717) is 17.9 Å². The van der Waals surface area contributed by atoms with Crippen LogP contribution in [0.25, 0.3) is 0 Å². The summed E-state index contributed by atoms with van der Waals surface area (Å²) in [7, 11) is 0. The van der Waals surface area contributed by atoms with Gasteiger partial charge in [0.2, 0.25) is 11.8 Å². The number of carboxylic acids is 1. The predicted molar refractivity (Wildman–Crippen MR) is 82.8 cm³/mol. The molecule has 0 aliphatic carbocycles. The Kier molecular flexibility index (Phi) is 3.60. The molecule has 2 saturated heterocycles. The Morgan fingerprint density at radius 1 is 1.45 bits per heavy atom. The zero-order chi connectivity index (χ0) is 15.9. The summed E-state index contributed by atoms with van der Waals surface area (Å²) in [5.74, 6) is -0.747. The van der Waals surface area contributed by atoms with Gasteiger partial charge in [-0.25, -0.2) is 4.79 Å². The number of thioether (sulfide) groups is 1. The molecule has 2 atom stereocenters. The monoisotopic (exact) mass is 320 g/mol. The fourth-order valence-corrected chi connectivity index (χ4v) is 4.40. The van der Waals surface area contributed by atoms with Crippen molar-refractivity contribution in [1.82, 2.24) is 4.90 Å². The van der Waals surface area contributed by atoms with Gasteiger partial charge >= 0.3 is 5.97 Å². The normalized spacial score (nSPS) is 26.9. The summed E-state index contributed by atoms with van der Waals surface area (Å²) in [6, 6.07) is 5.58. The molecule has 2 unspecified atom stereocenters. The van der Waals surface area contributed by atoms with Gasteiger partial charge in [0.1, 0.15) is 6.04 Å². The van der Waals surface area contributed by atoms with Gasteiger partial charge < -0.3 is 15.3 Å². The van der Waals surface area contributed by atoms with E-state index in [9.17, 15) is 14.4 Å². The van der Waals surface area contributed by atoms with Gasteiger partial charge in [0.15, 0.2) is 0 Å². The lowest BCUT2D eigenvalue weighted by Gasteiger charge is -2.29. The van der Waals surface area contributed by atoms with Crippen LogP contribution in [0.2, 0.25) is 0 Å². The topological polar surface area (TPSA) is 86.7 Å². The van der Waals surface area contributed by atoms with Gasteiger partial charge in [-0.1, -0.05) is 6.07 Å². The maximum Gasteiger partial charge on any atom is 0.335 e. The molecule has 0 saturated carbocycles. The molecule has 0 bridgehead atoms. The van der Waals surface area contributed by atoms with Crippen molar-refractivity contribution in [3.63, 3.8) is 0 Å². The van der Waals surface area contributed by atoms with Crippen molar-refractivity contribution in [3.8, 4) is 0 Å². The maximum absolute atomic E-state index is 12.5. The lowest BCUT2D eigenvalue weighted by Crippen LogP contribution is -2.48. The molecule has 2 aliphatic rings. The van der Waals surface area contributed by atoms with Crippen LogP contribution in [-0.4, -0.2) is 44.5 Å². The highest BCUT2D eigenvalue weighted by atomic mass is 32.2. The molecule has 3 rings (SSSR count). The van der Waals surface area contributed by atoms with Crippen LogP contribution in [0.15, 0.2) is 24.3 Å². The number of hydrogen-bond donors (Lipinski definition) is 2. The van der Waals surface area contributed by atoms with Gasteiger partial charge in [0, 0.05) is 17.9 Å². The highest BCUT2D eigenvalue weighted by molar-refractivity contribution is 8.01. The Bertz CT molecular complexity index is 663.